The predicted molar refractivity (Wildman–Crippen MR) is 56.1 cm³/mol. The Morgan fingerprint density at radius 1 is 1.50 bits per heavy atom. The number of hydrogen-bond donors (Lipinski definition) is 0. The lowest BCUT2D eigenvalue weighted by Crippen LogP contribution is -2.16. The van der Waals surface area contributed by atoms with Crippen LogP contribution in [0.2, 0.25) is 0 Å². The Balaban J connectivity index is 3.73. The van der Waals surface area contributed by atoms with Gasteiger partial charge in [0.05, 0.1) is 0 Å². The monoisotopic (exact) mass is 198 g/mol. The van der Waals surface area contributed by atoms with Crippen LogP contribution >= 0.6 is 0 Å². The van der Waals surface area contributed by atoms with Crippen LogP contribution in [-0.4, -0.2) is 18.9 Å². The summed E-state index contributed by atoms with van der Waals surface area (Å²) in [4.78, 5) is 11.0. The smallest absolute Gasteiger partial charge is 0.430 e. The van der Waals surface area contributed by atoms with Crippen molar-refractivity contribution in [1.82, 2.24) is 0 Å². The van der Waals surface area contributed by atoms with Gasteiger partial charge in [0.2, 0.25) is 0 Å². The van der Waals surface area contributed by atoms with Gasteiger partial charge in [-0.15, -0.1) is 0 Å². The highest BCUT2D eigenvalue weighted by atomic mass is 16.7. The molecule has 80 valence electrons. The molecule has 0 saturated carbocycles. The number of rotatable bonds is 7. The average molecular weight is 198 g/mol. The van der Waals surface area contributed by atoms with E-state index in [0.29, 0.717) is 0 Å². The summed E-state index contributed by atoms with van der Waals surface area (Å²) >= 11 is 0. The summed E-state index contributed by atoms with van der Waals surface area (Å²) in [5.74, 6) is 0. The zero-order valence-electron chi connectivity index (χ0n) is 8.70. The highest BCUT2D eigenvalue weighted by Crippen LogP contribution is 2.06. The molecule has 0 amide bonds. The van der Waals surface area contributed by atoms with E-state index in [2.05, 4.69) is 24.8 Å². The Kier molecular flexibility index (Phi) is 7.61. The van der Waals surface area contributed by atoms with Crippen LogP contribution in [0, 0.1) is 0 Å². The second-order valence-electron chi connectivity index (χ2n) is 2.88. The van der Waals surface area contributed by atoms with E-state index in [-0.39, 0.29) is 12.7 Å². The molecule has 0 aromatic rings. The predicted octanol–water partition coefficient (Wildman–Crippen LogP) is 3.07. The lowest BCUT2D eigenvalue weighted by atomic mass is 10.1. The quantitative estimate of drug-likeness (QED) is 0.466. The van der Waals surface area contributed by atoms with Crippen LogP contribution < -0.4 is 0 Å². The first-order chi connectivity index (χ1) is 6.74. The van der Waals surface area contributed by atoms with Crippen LogP contribution in [0.3, 0.4) is 0 Å². The van der Waals surface area contributed by atoms with Crippen molar-refractivity contribution in [3.05, 3.63) is 25.3 Å². The number of ether oxygens (including phenoxy) is 2. The summed E-state index contributed by atoms with van der Waals surface area (Å²) < 4.78 is 9.65. The molecule has 1 unspecified atom stereocenters. The lowest BCUT2D eigenvalue weighted by Gasteiger charge is -2.12. The molecule has 0 aliphatic rings. The first kappa shape index (κ1) is 12.8. The fourth-order valence-corrected chi connectivity index (χ4v) is 0.915. The van der Waals surface area contributed by atoms with Gasteiger partial charge in [-0.3, -0.25) is 0 Å². The summed E-state index contributed by atoms with van der Waals surface area (Å²) in [6.45, 7) is 9.28. The van der Waals surface area contributed by atoms with Crippen LogP contribution in [0.1, 0.15) is 26.2 Å². The Hall–Kier alpha value is -1.25. The summed E-state index contributed by atoms with van der Waals surface area (Å²) in [7, 11) is 0. The van der Waals surface area contributed by atoms with Crippen molar-refractivity contribution in [3.8, 4) is 0 Å². The van der Waals surface area contributed by atoms with Crippen molar-refractivity contribution in [3.63, 3.8) is 0 Å². The first-order valence-electron chi connectivity index (χ1n) is 4.81. The SMILES string of the molecule is C=CCOC(=O)OC(C=C)CCCC. The molecule has 1 atom stereocenters. The second-order valence-corrected chi connectivity index (χ2v) is 2.88. The van der Waals surface area contributed by atoms with Crippen LogP contribution in [0.15, 0.2) is 25.3 Å². The average Bonchev–Trinajstić information content (AvgIpc) is 2.21. The minimum absolute atomic E-state index is 0.177. The third kappa shape index (κ3) is 6.29. The van der Waals surface area contributed by atoms with Crippen LogP contribution in [0.5, 0.6) is 0 Å². The van der Waals surface area contributed by atoms with Gasteiger partial charge in [0.25, 0.3) is 0 Å². The molecule has 0 aliphatic heterocycles. The highest BCUT2D eigenvalue weighted by Gasteiger charge is 2.10. The van der Waals surface area contributed by atoms with E-state index in [9.17, 15) is 4.79 Å². The molecule has 0 radical (unpaired) electrons. The van der Waals surface area contributed by atoms with Crippen molar-refractivity contribution in [2.45, 2.75) is 32.3 Å². The highest BCUT2D eigenvalue weighted by molar-refractivity contribution is 5.60. The fourth-order valence-electron chi connectivity index (χ4n) is 0.915. The lowest BCUT2D eigenvalue weighted by molar-refractivity contribution is 0.0414. The summed E-state index contributed by atoms with van der Waals surface area (Å²) in [5, 5.41) is 0. The maximum Gasteiger partial charge on any atom is 0.509 e. The van der Waals surface area contributed by atoms with E-state index >= 15 is 0 Å². The molecular weight excluding hydrogens is 180 g/mol. The van der Waals surface area contributed by atoms with Crippen molar-refractivity contribution in [2.75, 3.05) is 6.61 Å². The molecule has 0 heterocycles. The topological polar surface area (TPSA) is 35.5 Å². The van der Waals surface area contributed by atoms with Crippen molar-refractivity contribution in [2.24, 2.45) is 0 Å². The molecule has 0 aromatic heterocycles. The zero-order valence-corrected chi connectivity index (χ0v) is 8.70. The van der Waals surface area contributed by atoms with Gasteiger partial charge >= 0.3 is 6.16 Å². The van der Waals surface area contributed by atoms with E-state index in [1.165, 1.54) is 6.08 Å². The van der Waals surface area contributed by atoms with Crippen LogP contribution in [0.25, 0.3) is 0 Å². The van der Waals surface area contributed by atoms with E-state index < -0.39 is 6.16 Å². The Morgan fingerprint density at radius 2 is 2.21 bits per heavy atom. The molecule has 3 nitrogen and oxygen atoms in total. The Bertz CT molecular complexity index is 187. The van der Waals surface area contributed by atoms with E-state index in [1.54, 1.807) is 6.08 Å². The molecular formula is C11H18O3. The number of hydrogen-bond acceptors (Lipinski definition) is 3. The largest absolute Gasteiger partial charge is 0.509 e. The van der Waals surface area contributed by atoms with Crippen molar-refractivity contribution in [1.29, 1.82) is 0 Å². The molecule has 0 rings (SSSR count). The Labute approximate surface area is 85.4 Å². The van der Waals surface area contributed by atoms with E-state index in [4.69, 9.17) is 4.74 Å². The number of carbonyl (C=O) groups is 1. The third-order valence-electron chi connectivity index (χ3n) is 1.67. The summed E-state index contributed by atoms with van der Waals surface area (Å²) in [5.41, 5.74) is 0. The second kappa shape index (κ2) is 8.35. The maximum absolute atomic E-state index is 11.0. The van der Waals surface area contributed by atoms with Gasteiger partial charge in [0.15, 0.2) is 0 Å². The molecule has 0 aliphatic carbocycles. The minimum Gasteiger partial charge on any atom is -0.430 e. The number of unbranched alkanes of at least 4 members (excludes halogenated alkanes) is 1. The molecule has 0 N–H and O–H groups in total. The standard InChI is InChI=1S/C11H18O3/c1-4-7-8-10(6-3)14-11(12)13-9-5-2/h5-6,10H,2-4,7-9H2,1H3. The van der Waals surface area contributed by atoms with Gasteiger partial charge < -0.3 is 9.47 Å². The molecule has 0 bridgehead atoms. The normalized spacial score (nSPS) is 11.5. The molecule has 14 heavy (non-hydrogen) atoms. The van der Waals surface area contributed by atoms with Gasteiger partial charge in [-0.1, -0.05) is 38.7 Å². The van der Waals surface area contributed by atoms with Gasteiger partial charge in [0.1, 0.15) is 12.7 Å². The molecule has 0 fully saturated rings. The molecule has 0 spiro atoms. The van der Waals surface area contributed by atoms with Crippen molar-refractivity contribution >= 4 is 6.16 Å². The first-order valence-corrected chi connectivity index (χ1v) is 4.81. The van der Waals surface area contributed by atoms with Gasteiger partial charge in [-0.25, -0.2) is 4.79 Å². The van der Waals surface area contributed by atoms with Gasteiger partial charge in [0, 0.05) is 0 Å². The van der Waals surface area contributed by atoms with E-state index in [0.717, 1.165) is 19.3 Å². The van der Waals surface area contributed by atoms with Crippen LogP contribution in [0.4, 0.5) is 4.79 Å². The van der Waals surface area contributed by atoms with Gasteiger partial charge in [-0.2, -0.15) is 0 Å². The minimum atomic E-state index is -0.661. The van der Waals surface area contributed by atoms with Crippen molar-refractivity contribution < 1.29 is 14.3 Å². The van der Waals surface area contributed by atoms with Crippen LogP contribution in [-0.2, 0) is 9.47 Å². The number of carbonyl (C=O) groups excluding carboxylic acids is 1. The summed E-state index contributed by atoms with van der Waals surface area (Å²) in [6, 6.07) is 0. The fraction of sp³-hybridized carbons (Fsp3) is 0.545. The maximum atomic E-state index is 11.0. The molecule has 0 saturated heterocycles. The molecule has 3 heteroatoms. The van der Waals surface area contributed by atoms with E-state index in [1.807, 2.05) is 0 Å². The van der Waals surface area contributed by atoms with Gasteiger partial charge in [-0.05, 0) is 12.8 Å². The Morgan fingerprint density at radius 3 is 2.71 bits per heavy atom. The summed E-state index contributed by atoms with van der Waals surface area (Å²) in [6.07, 6.45) is 5.07. The third-order valence-corrected chi connectivity index (χ3v) is 1.67. The zero-order chi connectivity index (χ0) is 10.8. The molecule has 0 aromatic carbocycles.